The third-order valence-corrected chi connectivity index (χ3v) is 1.68. The Labute approximate surface area is 84.5 Å². The van der Waals surface area contributed by atoms with Crippen LogP contribution in [0.4, 0.5) is 0 Å². The predicted molar refractivity (Wildman–Crippen MR) is 54.8 cm³/mol. The van der Waals surface area contributed by atoms with Gasteiger partial charge in [-0.1, -0.05) is 30.3 Å². The fraction of sp³-hybridized carbons (Fsp3) is 0.364. The van der Waals surface area contributed by atoms with Crippen LogP contribution in [0.25, 0.3) is 0 Å². The topological polar surface area (TPSA) is 26.3 Å². The van der Waals surface area contributed by atoms with Crippen LogP contribution in [0.1, 0.15) is 10.4 Å². The van der Waals surface area contributed by atoms with E-state index in [1.165, 1.54) is 0 Å². The molecule has 0 heterocycles. The molecule has 0 unspecified atom stereocenters. The highest BCUT2D eigenvalue weighted by molar-refractivity contribution is 5.96. The Bertz CT molecular complexity index is 301. The third kappa shape index (κ3) is 3.68. The van der Waals surface area contributed by atoms with Crippen LogP contribution in [-0.2, 0) is 4.84 Å². The maximum Gasteiger partial charge on any atom is 0.194 e. The Kier molecular flexibility index (Phi) is 3.38. The first-order valence-corrected chi connectivity index (χ1v) is 4.53. The SMILES string of the molecule is C[N+](C)(C)OCC(=O)c1ccccc1. The number of carbonyl (C=O) groups excluding carboxylic acids is 1. The van der Waals surface area contributed by atoms with E-state index in [0.29, 0.717) is 10.2 Å². The van der Waals surface area contributed by atoms with E-state index in [4.69, 9.17) is 4.84 Å². The van der Waals surface area contributed by atoms with Gasteiger partial charge in [0.05, 0.1) is 21.1 Å². The van der Waals surface area contributed by atoms with Gasteiger partial charge in [-0.05, 0) is 0 Å². The van der Waals surface area contributed by atoms with Crippen molar-refractivity contribution in [2.75, 3.05) is 27.7 Å². The van der Waals surface area contributed by atoms with E-state index in [9.17, 15) is 4.79 Å². The summed E-state index contributed by atoms with van der Waals surface area (Å²) in [5.74, 6) is 0.0126. The predicted octanol–water partition coefficient (Wildman–Crippen LogP) is 1.51. The lowest BCUT2D eigenvalue weighted by Gasteiger charge is -2.20. The average Bonchev–Trinajstić information content (AvgIpc) is 2.14. The van der Waals surface area contributed by atoms with Crippen molar-refractivity contribution < 1.29 is 14.3 Å². The maximum atomic E-state index is 11.6. The van der Waals surface area contributed by atoms with Crippen molar-refractivity contribution in [2.45, 2.75) is 0 Å². The summed E-state index contributed by atoms with van der Waals surface area (Å²) in [5.41, 5.74) is 0.695. The number of benzene rings is 1. The summed E-state index contributed by atoms with van der Waals surface area (Å²) < 4.78 is 0.332. The molecular formula is C11H16NO2+. The van der Waals surface area contributed by atoms with Crippen molar-refractivity contribution in [3.05, 3.63) is 35.9 Å². The highest BCUT2D eigenvalue weighted by atomic mass is 16.7. The molecule has 0 saturated carbocycles. The summed E-state index contributed by atoms with van der Waals surface area (Å²) in [6, 6.07) is 9.17. The van der Waals surface area contributed by atoms with Gasteiger partial charge in [-0.15, -0.1) is 0 Å². The Hall–Kier alpha value is -1.19. The van der Waals surface area contributed by atoms with Gasteiger partial charge < -0.3 is 0 Å². The molecule has 1 rings (SSSR count). The second-order valence-electron chi connectivity index (χ2n) is 3.95. The Morgan fingerprint density at radius 1 is 1.21 bits per heavy atom. The molecule has 14 heavy (non-hydrogen) atoms. The van der Waals surface area contributed by atoms with Crippen LogP contribution in [-0.4, -0.2) is 38.2 Å². The number of Topliss-reactive ketones (excluding diaryl/α,β-unsaturated/α-hetero) is 1. The lowest BCUT2D eigenvalue weighted by atomic mass is 10.1. The number of carbonyl (C=O) groups is 1. The zero-order valence-electron chi connectivity index (χ0n) is 8.86. The van der Waals surface area contributed by atoms with Crippen molar-refractivity contribution in [3.8, 4) is 0 Å². The van der Waals surface area contributed by atoms with Gasteiger partial charge in [0.1, 0.15) is 0 Å². The van der Waals surface area contributed by atoms with E-state index in [-0.39, 0.29) is 12.4 Å². The molecule has 76 valence electrons. The highest BCUT2D eigenvalue weighted by Gasteiger charge is 2.13. The van der Waals surface area contributed by atoms with E-state index in [1.807, 2.05) is 39.3 Å². The van der Waals surface area contributed by atoms with Crippen molar-refractivity contribution in [2.24, 2.45) is 0 Å². The fourth-order valence-electron chi connectivity index (χ4n) is 0.960. The first-order chi connectivity index (χ1) is 6.49. The largest absolute Gasteiger partial charge is 0.291 e. The molecule has 0 aliphatic heterocycles. The average molecular weight is 194 g/mol. The minimum atomic E-state index is 0.0126. The molecule has 0 N–H and O–H groups in total. The number of rotatable bonds is 4. The maximum absolute atomic E-state index is 11.6. The monoisotopic (exact) mass is 194 g/mol. The molecule has 0 aliphatic carbocycles. The summed E-state index contributed by atoms with van der Waals surface area (Å²) in [7, 11) is 5.62. The molecule has 0 saturated heterocycles. The summed E-state index contributed by atoms with van der Waals surface area (Å²) in [6.07, 6.45) is 0. The molecule has 0 spiro atoms. The molecule has 0 aliphatic rings. The van der Waals surface area contributed by atoms with Gasteiger partial charge in [-0.2, -0.15) is 9.48 Å². The molecule has 1 aromatic carbocycles. The number of ketones is 1. The van der Waals surface area contributed by atoms with Crippen molar-refractivity contribution >= 4 is 5.78 Å². The van der Waals surface area contributed by atoms with Crippen molar-refractivity contribution in [3.63, 3.8) is 0 Å². The molecule has 3 heteroatoms. The lowest BCUT2D eigenvalue weighted by molar-refractivity contribution is -1.06. The molecule has 3 nitrogen and oxygen atoms in total. The minimum absolute atomic E-state index is 0.0126. The van der Waals surface area contributed by atoms with Gasteiger partial charge in [0.25, 0.3) is 0 Å². The first kappa shape index (κ1) is 10.9. The lowest BCUT2D eigenvalue weighted by Crippen LogP contribution is -2.36. The molecule has 0 aromatic heterocycles. The van der Waals surface area contributed by atoms with E-state index >= 15 is 0 Å². The number of nitrogens with zero attached hydrogens (tertiary/aromatic N) is 1. The van der Waals surface area contributed by atoms with Crippen LogP contribution >= 0.6 is 0 Å². The molecule has 0 amide bonds. The summed E-state index contributed by atoms with van der Waals surface area (Å²) >= 11 is 0. The van der Waals surface area contributed by atoms with E-state index in [0.717, 1.165) is 0 Å². The van der Waals surface area contributed by atoms with Crippen LogP contribution in [0, 0.1) is 0 Å². The van der Waals surface area contributed by atoms with Crippen LogP contribution in [0.5, 0.6) is 0 Å². The smallest absolute Gasteiger partial charge is 0.194 e. The van der Waals surface area contributed by atoms with E-state index in [2.05, 4.69) is 0 Å². The highest BCUT2D eigenvalue weighted by Crippen LogP contribution is 2.02. The standard InChI is InChI=1S/C11H16NO2/c1-12(2,3)14-9-11(13)10-7-5-4-6-8-10/h4-8H,9H2,1-3H3/q+1. The first-order valence-electron chi connectivity index (χ1n) is 4.53. The van der Waals surface area contributed by atoms with Gasteiger partial charge >= 0.3 is 0 Å². The summed E-state index contributed by atoms with van der Waals surface area (Å²) in [6.45, 7) is 0.119. The molecular weight excluding hydrogens is 178 g/mol. The van der Waals surface area contributed by atoms with Crippen LogP contribution < -0.4 is 0 Å². The molecule has 1 aromatic rings. The summed E-state index contributed by atoms with van der Waals surface area (Å²) in [5, 5.41) is 0. The fourth-order valence-corrected chi connectivity index (χ4v) is 0.960. The van der Waals surface area contributed by atoms with Crippen molar-refractivity contribution in [1.29, 1.82) is 0 Å². The quantitative estimate of drug-likeness (QED) is 0.412. The van der Waals surface area contributed by atoms with Crippen LogP contribution in [0.3, 0.4) is 0 Å². The van der Waals surface area contributed by atoms with Gasteiger partial charge in [0.15, 0.2) is 12.4 Å². The van der Waals surface area contributed by atoms with Gasteiger partial charge in [0.2, 0.25) is 0 Å². The molecule has 0 atom stereocenters. The number of hydroxylamine groups is 3. The Morgan fingerprint density at radius 2 is 1.79 bits per heavy atom. The molecule has 0 bridgehead atoms. The molecule has 0 radical (unpaired) electrons. The second-order valence-corrected chi connectivity index (χ2v) is 3.95. The zero-order chi connectivity index (χ0) is 10.6. The van der Waals surface area contributed by atoms with E-state index < -0.39 is 0 Å². The second kappa shape index (κ2) is 4.35. The van der Waals surface area contributed by atoms with Crippen LogP contribution in [0.15, 0.2) is 30.3 Å². The van der Waals surface area contributed by atoms with Gasteiger partial charge in [-0.3, -0.25) is 4.79 Å². The Morgan fingerprint density at radius 3 is 2.29 bits per heavy atom. The van der Waals surface area contributed by atoms with Gasteiger partial charge in [0, 0.05) is 5.56 Å². The normalized spacial score (nSPS) is 11.4. The Balaban J connectivity index is 2.52. The third-order valence-electron chi connectivity index (χ3n) is 1.68. The van der Waals surface area contributed by atoms with Crippen LogP contribution in [0.2, 0.25) is 0 Å². The minimum Gasteiger partial charge on any atom is -0.291 e. The summed E-state index contributed by atoms with van der Waals surface area (Å²) in [4.78, 5) is 16.9. The number of quaternary nitrogens is 1. The zero-order valence-corrected chi connectivity index (χ0v) is 8.86. The number of hydrogen-bond acceptors (Lipinski definition) is 2. The molecule has 0 fully saturated rings. The van der Waals surface area contributed by atoms with Gasteiger partial charge in [-0.25, -0.2) is 0 Å². The van der Waals surface area contributed by atoms with Crippen molar-refractivity contribution in [1.82, 2.24) is 0 Å². The number of hydrogen-bond donors (Lipinski definition) is 0. The van der Waals surface area contributed by atoms with E-state index in [1.54, 1.807) is 12.1 Å².